The molecule has 2 heteroatoms. The third kappa shape index (κ3) is 14.5. The van der Waals surface area contributed by atoms with E-state index in [0.29, 0.717) is 6.61 Å². The molecule has 0 saturated carbocycles. The van der Waals surface area contributed by atoms with Gasteiger partial charge in [0.15, 0.2) is 0 Å². The molecule has 0 aromatic carbocycles. The van der Waals surface area contributed by atoms with Gasteiger partial charge in [-0.15, -0.1) is 0 Å². The van der Waals surface area contributed by atoms with E-state index in [-0.39, 0.29) is 5.97 Å². The van der Waals surface area contributed by atoms with Crippen molar-refractivity contribution in [2.24, 2.45) is 5.41 Å². The predicted octanol–water partition coefficient (Wildman–Crippen LogP) is 7.11. The van der Waals surface area contributed by atoms with E-state index < -0.39 is 5.41 Å². The molecule has 0 bridgehead atoms. The third-order valence-electron chi connectivity index (χ3n) is 3.92. The minimum Gasteiger partial charge on any atom is -0.466 e. The van der Waals surface area contributed by atoms with Crippen LogP contribution in [0.1, 0.15) is 72.6 Å². The van der Waals surface area contributed by atoms with E-state index in [2.05, 4.69) is 67.7 Å². The predicted molar refractivity (Wildman–Crippen MR) is 114 cm³/mol. The van der Waals surface area contributed by atoms with Gasteiger partial charge in [-0.05, 0) is 65.7 Å². The normalized spacial score (nSPS) is 13.2. The lowest BCUT2D eigenvalue weighted by molar-refractivity contribution is -0.153. The van der Waals surface area contributed by atoms with E-state index in [9.17, 15) is 4.79 Å². The molecule has 0 aliphatic heterocycles. The van der Waals surface area contributed by atoms with Gasteiger partial charge in [0.25, 0.3) is 0 Å². The maximum atomic E-state index is 11.8. The fourth-order valence-electron chi connectivity index (χ4n) is 2.24. The van der Waals surface area contributed by atoms with Crippen LogP contribution in [0.5, 0.6) is 0 Å². The number of ether oxygens (including phenoxy) is 1. The molecule has 0 saturated heterocycles. The fraction of sp³-hybridized carbons (Fsp3) is 0.542. The molecule has 0 atom stereocenters. The van der Waals surface area contributed by atoms with Gasteiger partial charge < -0.3 is 4.74 Å². The Labute approximate surface area is 161 Å². The zero-order valence-electron chi connectivity index (χ0n) is 17.2. The summed E-state index contributed by atoms with van der Waals surface area (Å²) in [5.41, 5.74) is -0.401. The Morgan fingerprint density at radius 1 is 0.731 bits per heavy atom. The molecule has 2 nitrogen and oxygen atoms in total. The van der Waals surface area contributed by atoms with E-state index >= 15 is 0 Å². The maximum Gasteiger partial charge on any atom is 0.311 e. The molecular weight excluding hydrogens is 320 g/mol. The number of esters is 1. The van der Waals surface area contributed by atoms with E-state index in [4.69, 9.17) is 4.74 Å². The first-order valence-corrected chi connectivity index (χ1v) is 9.96. The Kier molecular flexibility index (Phi) is 15.5. The van der Waals surface area contributed by atoms with Gasteiger partial charge in [-0.25, -0.2) is 0 Å². The highest BCUT2D eigenvalue weighted by atomic mass is 16.5. The number of carbonyl (C=O) groups excluding carboxylic acids is 1. The van der Waals surface area contributed by atoms with Crippen LogP contribution in [0.4, 0.5) is 0 Å². The molecule has 0 radical (unpaired) electrons. The van der Waals surface area contributed by atoms with Crippen molar-refractivity contribution >= 4 is 5.97 Å². The summed E-state index contributed by atoms with van der Waals surface area (Å²) in [7, 11) is 0. The summed E-state index contributed by atoms with van der Waals surface area (Å²) in [6.45, 7) is 8.34. The van der Waals surface area contributed by atoms with E-state index in [1.807, 2.05) is 20.8 Å². The van der Waals surface area contributed by atoms with Crippen LogP contribution in [0.3, 0.4) is 0 Å². The van der Waals surface area contributed by atoms with Gasteiger partial charge in [-0.2, -0.15) is 0 Å². The minimum absolute atomic E-state index is 0.104. The number of hydrogen-bond donors (Lipinski definition) is 0. The van der Waals surface area contributed by atoms with Crippen LogP contribution in [0, 0.1) is 5.41 Å². The molecule has 0 heterocycles. The molecule has 0 N–H and O–H groups in total. The van der Waals surface area contributed by atoms with Crippen molar-refractivity contribution in [1.29, 1.82) is 0 Å². The van der Waals surface area contributed by atoms with Gasteiger partial charge >= 0.3 is 5.97 Å². The first kappa shape index (κ1) is 24.2. The zero-order valence-corrected chi connectivity index (χ0v) is 17.2. The van der Waals surface area contributed by atoms with Crippen molar-refractivity contribution in [3.05, 3.63) is 60.8 Å². The average Bonchev–Trinajstić information content (AvgIpc) is 2.61. The monoisotopic (exact) mass is 358 g/mol. The second-order valence-electron chi connectivity index (χ2n) is 6.85. The van der Waals surface area contributed by atoms with Crippen LogP contribution in [-0.2, 0) is 9.53 Å². The van der Waals surface area contributed by atoms with Crippen LogP contribution in [0.15, 0.2) is 60.8 Å². The lowest BCUT2D eigenvalue weighted by Gasteiger charge is -2.21. The second-order valence-corrected chi connectivity index (χ2v) is 6.85. The van der Waals surface area contributed by atoms with Crippen molar-refractivity contribution in [3.63, 3.8) is 0 Å². The Morgan fingerprint density at radius 3 is 1.58 bits per heavy atom. The van der Waals surface area contributed by atoms with E-state index in [0.717, 1.165) is 44.9 Å². The average molecular weight is 359 g/mol. The zero-order chi connectivity index (χ0) is 19.5. The topological polar surface area (TPSA) is 26.3 Å². The van der Waals surface area contributed by atoms with Crippen LogP contribution < -0.4 is 0 Å². The van der Waals surface area contributed by atoms with Gasteiger partial charge in [-0.1, -0.05) is 67.7 Å². The summed E-state index contributed by atoms with van der Waals surface area (Å²) in [4.78, 5) is 11.8. The molecule has 26 heavy (non-hydrogen) atoms. The van der Waals surface area contributed by atoms with Crippen LogP contribution in [0.2, 0.25) is 0 Å². The van der Waals surface area contributed by atoms with Crippen LogP contribution in [-0.4, -0.2) is 12.6 Å². The minimum atomic E-state index is -0.401. The highest BCUT2D eigenvalue weighted by Gasteiger charge is 2.27. The van der Waals surface area contributed by atoms with Gasteiger partial charge in [0.05, 0.1) is 12.0 Å². The molecule has 0 aliphatic rings. The number of hydrogen-bond acceptors (Lipinski definition) is 2. The van der Waals surface area contributed by atoms with Gasteiger partial charge in [-0.3, -0.25) is 4.79 Å². The molecule has 0 amide bonds. The van der Waals surface area contributed by atoms with E-state index in [1.54, 1.807) is 0 Å². The molecule has 0 unspecified atom stereocenters. The number of carbonyl (C=O) groups is 1. The summed E-state index contributed by atoms with van der Waals surface area (Å²) >= 11 is 0. The SMILES string of the molecule is CCC=CCC=CCC=CCC=CCC=CCCC(C)(C)C(=O)OCC. The van der Waals surface area contributed by atoms with Gasteiger partial charge in [0.1, 0.15) is 0 Å². The molecule has 0 spiro atoms. The standard InChI is InChI=1S/C24H38O2/c1-5-7-8-9-10-11-12-13-14-15-16-17-18-19-20-21-22-24(3,4)23(25)26-6-2/h7-8,10-11,13-14,16-17,19-20H,5-6,9,12,15,18,21-22H2,1-4H3. The summed E-state index contributed by atoms with van der Waals surface area (Å²) < 4.78 is 5.10. The molecule has 0 aromatic rings. The molecule has 0 rings (SSSR count). The third-order valence-corrected chi connectivity index (χ3v) is 3.92. The van der Waals surface area contributed by atoms with Crippen molar-refractivity contribution in [1.82, 2.24) is 0 Å². The lowest BCUT2D eigenvalue weighted by Crippen LogP contribution is -2.26. The summed E-state index contributed by atoms with van der Waals surface area (Å²) in [6.07, 6.45) is 28.7. The van der Waals surface area contributed by atoms with Crippen molar-refractivity contribution in [3.8, 4) is 0 Å². The molecule has 0 aliphatic carbocycles. The Morgan fingerprint density at radius 2 is 1.15 bits per heavy atom. The van der Waals surface area contributed by atoms with Crippen molar-refractivity contribution < 1.29 is 9.53 Å². The summed E-state index contributed by atoms with van der Waals surface area (Å²) in [6, 6.07) is 0. The fourth-order valence-corrected chi connectivity index (χ4v) is 2.24. The van der Waals surface area contributed by atoms with Crippen LogP contribution in [0.25, 0.3) is 0 Å². The highest BCUT2D eigenvalue weighted by Crippen LogP contribution is 2.24. The smallest absolute Gasteiger partial charge is 0.311 e. The van der Waals surface area contributed by atoms with E-state index in [1.165, 1.54) is 0 Å². The van der Waals surface area contributed by atoms with Crippen molar-refractivity contribution in [2.75, 3.05) is 6.61 Å². The lowest BCUT2D eigenvalue weighted by atomic mass is 9.88. The molecule has 0 aromatic heterocycles. The molecule has 146 valence electrons. The first-order valence-electron chi connectivity index (χ1n) is 9.96. The molecule has 0 fully saturated rings. The van der Waals surface area contributed by atoms with Gasteiger partial charge in [0, 0.05) is 0 Å². The second kappa shape index (κ2) is 16.6. The largest absolute Gasteiger partial charge is 0.466 e. The Bertz CT molecular complexity index is 490. The number of rotatable bonds is 14. The Balaban J connectivity index is 3.74. The summed E-state index contributed by atoms with van der Waals surface area (Å²) in [5, 5.41) is 0. The molecular formula is C24H38O2. The quantitative estimate of drug-likeness (QED) is 0.244. The van der Waals surface area contributed by atoms with Crippen molar-refractivity contribution in [2.45, 2.75) is 72.6 Å². The van der Waals surface area contributed by atoms with Gasteiger partial charge in [0.2, 0.25) is 0 Å². The maximum absolute atomic E-state index is 11.8. The highest BCUT2D eigenvalue weighted by molar-refractivity contribution is 5.75. The number of allylic oxidation sites excluding steroid dienone is 10. The Hall–Kier alpha value is -1.83. The first-order chi connectivity index (χ1) is 12.5. The summed E-state index contributed by atoms with van der Waals surface area (Å²) in [5.74, 6) is -0.104. The van der Waals surface area contributed by atoms with Crippen LogP contribution >= 0.6 is 0 Å².